The smallest absolute Gasteiger partial charge is 0.248 e. The molecule has 25 heavy (non-hydrogen) atoms. The van der Waals surface area contributed by atoms with Crippen LogP contribution < -0.4 is 4.90 Å². The molecule has 8 nitrogen and oxygen atoms in total. The van der Waals surface area contributed by atoms with Gasteiger partial charge in [0.1, 0.15) is 21.9 Å². The third-order valence-electron chi connectivity index (χ3n) is 4.14. The fourth-order valence-corrected chi connectivity index (χ4v) is 5.04. The van der Waals surface area contributed by atoms with Crippen molar-refractivity contribution in [3.8, 4) is 6.07 Å². The average Bonchev–Trinajstić information content (AvgIpc) is 2.87. The number of aryl methyl sites for hydroxylation is 2. The molecular formula is C15H17ClN6O2S. The molecule has 10 heteroatoms. The number of nitriles is 1. The zero-order valence-electron chi connectivity index (χ0n) is 13.8. The summed E-state index contributed by atoms with van der Waals surface area (Å²) in [5.74, 6) is 0.581. The van der Waals surface area contributed by atoms with E-state index < -0.39 is 10.0 Å². The molecule has 0 N–H and O–H groups in total. The molecule has 0 bridgehead atoms. The second kappa shape index (κ2) is 6.63. The molecule has 1 aliphatic heterocycles. The maximum Gasteiger partial charge on any atom is 0.248 e. The number of aromatic nitrogens is 3. The molecular weight excluding hydrogens is 364 g/mol. The minimum atomic E-state index is -3.72. The highest BCUT2D eigenvalue weighted by atomic mass is 35.5. The Morgan fingerprint density at radius 2 is 1.96 bits per heavy atom. The van der Waals surface area contributed by atoms with Gasteiger partial charge in [0.05, 0.1) is 11.3 Å². The fourth-order valence-electron chi connectivity index (χ4n) is 2.91. The van der Waals surface area contributed by atoms with Gasteiger partial charge in [0.15, 0.2) is 0 Å². The molecule has 0 spiro atoms. The molecule has 1 fully saturated rings. The van der Waals surface area contributed by atoms with Crippen LogP contribution in [0.3, 0.4) is 0 Å². The number of pyridine rings is 1. The third kappa shape index (κ3) is 3.08. The van der Waals surface area contributed by atoms with Crippen LogP contribution >= 0.6 is 11.6 Å². The van der Waals surface area contributed by atoms with E-state index in [0.717, 1.165) is 0 Å². The second-order valence-electron chi connectivity index (χ2n) is 5.71. The molecule has 2 aromatic heterocycles. The molecule has 0 atom stereocenters. The van der Waals surface area contributed by atoms with E-state index in [1.165, 1.54) is 8.99 Å². The summed E-state index contributed by atoms with van der Waals surface area (Å²) >= 11 is 6.12. The maximum atomic E-state index is 12.9. The van der Waals surface area contributed by atoms with Gasteiger partial charge in [0.2, 0.25) is 10.0 Å². The molecule has 0 amide bonds. The third-order valence-corrected chi connectivity index (χ3v) is 6.74. The highest BCUT2D eigenvalue weighted by Crippen LogP contribution is 2.28. The SMILES string of the molecule is Cc1nn(C)c(Cl)c1S(=O)(=O)N1CCN(c2ncccc2C#N)CC1. The second-order valence-corrected chi connectivity index (χ2v) is 7.94. The van der Waals surface area contributed by atoms with Gasteiger partial charge in [-0.15, -0.1) is 0 Å². The number of sulfonamides is 1. The van der Waals surface area contributed by atoms with Crippen molar-refractivity contribution in [2.24, 2.45) is 7.05 Å². The highest BCUT2D eigenvalue weighted by molar-refractivity contribution is 7.89. The number of nitrogens with zero attached hydrogens (tertiary/aromatic N) is 6. The van der Waals surface area contributed by atoms with Crippen LogP contribution in [0.4, 0.5) is 5.82 Å². The minimum Gasteiger partial charge on any atom is -0.353 e. The maximum absolute atomic E-state index is 12.9. The molecule has 0 aromatic carbocycles. The number of hydrogen-bond acceptors (Lipinski definition) is 6. The van der Waals surface area contributed by atoms with Crippen LogP contribution in [-0.4, -0.2) is 53.7 Å². The molecule has 0 saturated carbocycles. The van der Waals surface area contributed by atoms with E-state index in [9.17, 15) is 13.7 Å². The predicted octanol–water partition coefficient (Wildman–Crippen LogP) is 1.16. The van der Waals surface area contributed by atoms with Crippen LogP contribution in [0.1, 0.15) is 11.3 Å². The predicted molar refractivity (Wildman–Crippen MR) is 92.9 cm³/mol. The summed E-state index contributed by atoms with van der Waals surface area (Å²) in [5.41, 5.74) is 0.858. The van der Waals surface area contributed by atoms with Gasteiger partial charge in [-0.1, -0.05) is 11.6 Å². The lowest BCUT2D eigenvalue weighted by molar-refractivity contribution is 0.383. The van der Waals surface area contributed by atoms with Crippen molar-refractivity contribution < 1.29 is 8.42 Å². The first-order valence-electron chi connectivity index (χ1n) is 7.65. The normalized spacial score (nSPS) is 16.0. The Morgan fingerprint density at radius 1 is 1.28 bits per heavy atom. The van der Waals surface area contributed by atoms with E-state index in [1.807, 2.05) is 4.90 Å². The zero-order chi connectivity index (χ0) is 18.2. The van der Waals surface area contributed by atoms with Crippen LogP contribution in [0, 0.1) is 18.3 Å². The number of halogens is 1. The van der Waals surface area contributed by atoms with Crippen molar-refractivity contribution >= 4 is 27.4 Å². The summed E-state index contributed by atoms with van der Waals surface area (Å²) in [6.07, 6.45) is 1.62. The van der Waals surface area contributed by atoms with Gasteiger partial charge in [0, 0.05) is 39.4 Å². The van der Waals surface area contributed by atoms with Gasteiger partial charge in [-0.2, -0.15) is 14.7 Å². The molecule has 132 valence electrons. The standard InChI is InChI=1S/C15H17ClN6O2S/c1-11-13(14(16)20(2)19-11)25(23,24)22-8-6-21(7-9-22)15-12(10-17)4-3-5-18-15/h3-5H,6-9H2,1-2H3. The molecule has 1 aliphatic rings. The van der Waals surface area contributed by atoms with Crippen molar-refractivity contribution in [1.82, 2.24) is 19.1 Å². The van der Waals surface area contributed by atoms with Gasteiger partial charge in [-0.25, -0.2) is 13.4 Å². The van der Waals surface area contributed by atoms with Crippen LogP contribution in [0.2, 0.25) is 5.15 Å². The molecule has 0 radical (unpaired) electrons. The number of rotatable bonds is 3. The minimum absolute atomic E-state index is 0.0562. The van der Waals surface area contributed by atoms with Crippen LogP contribution in [0.25, 0.3) is 0 Å². The lowest BCUT2D eigenvalue weighted by atomic mass is 10.2. The van der Waals surface area contributed by atoms with Gasteiger partial charge in [-0.05, 0) is 19.1 Å². The van der Waals surface area contributed by atoms with Crippen molar-refractivity contribution in [3.63, 3.8) is 0 Å². The first-order chi connectivity index (χ1) is 11.9. The van der Waals surface area contributed by atoms with E-state index in [0.29, 0.717) is 30.2 Å². The fraction of sp³-hybridized carbons (Fsp3) is 0.400. The monoisotopic (exact) mass is 380 g/mol. The average molecular weight is 381 g/mol. The lowest BCUT2D eigenvalue weighted by Gasteiger charge is -2.34. The summed E-state index contributed by atoms with van der Waals surface area (Å²) in [4.78, 5) is 6.23. The van der Waals surface area contributed by atoms with E-state index in [-0.39, 0.29) is 23.1 Å². The first kappa shape index (κ1) is 17.7. The van der Waals surface area contributed by atoms with Crippen molar-refractivity contribution in [3.05, 3.63) is 34.7 Å². The highest BCUT2D eigenvalue weighted by Gasteiger charge is 2.34. The summed E-state index contributed by atoms with van der Waals surface area (Å²) in [6.45, 7) is 3.09. The van der Waals surface area contributed by atoms with Crippen LogP contribution in [0.15, 0.2) is 23.2 Å². The molecule has 2 aromatic rings. The van der Waals surface area contributed by atoms with Gasteiger partial charge in [-0.3, -0.25) is 4.68 Å². The Balaban J connectivity index is 1.81. The molecule has 0 aliphatic carbocycles. The summed E-state index contributed by atoms with van der Waals surface area (Å²) < 4.78 is 28.6. The van der Waals surface area contributed by atoms with Crippen molar-refractivity contribution in [2.45, 2.75) is 11.8 Å². The lowest BCUT2D eigenvalue weighted by Crippen LogP contribution is -2.49. The topological polar surface area (TPSA) is 95.1 Å². The van der Waals surface area contributed by atoms with Crippen molar-refractivity contribution in [1.29, 1.82) is 5.26 Å². The largest absolute Gasteiger partial charge is 0.353 e. The Kier molecular flexibility index (Phi) is 4.69. The molecule has 0 unspecified atom stereocenters. The summed E-state index contributed by atoms with van der Waals surface area (Å²) in [6, 6.07) is 5.52. The van der Waals surface area contributed by atoms with E-state index in [4.69, 9.17) is 11.6 Å². The quantitative estimate of drug-likeness (QED) is 0.792. The van der Waals surface area contributed by atoms with Gasteiger partial charge < -0.3 is 4.90 Å². The Labute approximate surface area is 151 Å². The molecule has 3 heterocycles. The van der Waals surface area contributed by atoms with Crippen LogP contribution in [0.5, 0.6) is 0 Å². The zero-order valence-corrected chi connectivity index (χ0v) is 15.4. The number of hydrogen-bond donors (Lipinski definition) is 0. The Hall–Kier alpha value is -2.15. The van der Waals surface area contributed by atoms with Crippen LogP contribution in [-0.2, 0) is 17.1 Å². The van der Waals surface area contributed by atoms with E-state index in [2.05, 4.69) is 16.2 Å². The van der Waals surface area contributed by atoms with E-state index in [1.54, 1.807) is 32.3 Å². The number of piperazine rings is 1. The van der Waals surface area contributed by atoms with E-state index >= 15 is 0 Å². The van der Waals surface area contributed by atoms with Crippen molar-refractivity contribution in [2.75, 3.05) is 31.1 Å². The Bertz CT molecular complexity index is 941. The summed E-state index contributed by atoms with van der Waals surface area (Å²) in [5, 5.41) is 13.4. The number of anilines is 1. The molecule has 3 rings (SSSR count). The van der Waals surface area contributed by atoms with Gasteiger partial charge >= 0.3 is 0 Å². The summed E-state index contributed by atoms with van der Waals surface area (Å²) in [7, 11) is -2.11. The molecule has 1 saturated heterocycles. The van der Waals surface area contributed by atoms with Gasteiger partial charge in [0.25, 0.3) is 0 Å². The Morgan fingerprint density at radius 3 is 2.52 bits per heavy atom. The first-order valence-corrected chi connectivity index (χ1v) is 9.47.